The van der Waals surface area contributed by atoms with Crippen LogP contribution in [0.1, 0.15) is 48.4 Å². The molecule has 0 saturated heterocycles. The SMILES string of the molecule is CCNC(=O)c1ccc(NC(=O)CNc2ccc(C(=O)NC(C)(C)C)cc2)cc1. The van der Waals surface area contributed by atoms with Crippen LogP contribution in [0.25, 0.3) is 0 Å². The number of hydrogen-bond acceptors (Lipinski definition) is 4. The van der Waals surface area contributed by atoms with Gasteiger partial charge in [0.05, 0.1) is 6.54 Å². The smallest absolute Gasteiger partial charge is 0.251 e. The molecular weight excluding hydrogens is 368 g/mol. The van der Waals surface area contributed by atoms with Gasteiger partial charge in [-0.15, -0.1) is 0 Å². The Hall–Kier alpha value is -3.35. The van der Waals surface area contributed by atoms with Gasteiger partial charge < -0.3 is 21.3 Å². The molecule has 0 fully saturated rings. The summed E-state index contributed by atoms with van der Waals surface area (Å²) in [6.07, 6.45) is 0. The van der Waals surface area contributed by atoms with E-state index in [-0.39, 0.29) is 29.8 Å². The molecule has 2 aromatic carbocycles. The van der Waals surface area contributed by atoms with E-state index >= 15 is 0 Å². The van der Waals surface area contributed by atoms with Crippen LogP contribution in [0.15, 0.2) is 48.5 Å². The maximum absolute atomic E-state index is 12.1. The van der Waals surface area contributed by atoms with Crippen LogP contribution in [0.5, 0.6) is 0 Å². The standard InChI is InChI=1S/C22H28N4O3/c1-5-23-20(28)15-8-12-18(13-9-15)25-19(27)14-24-17-10-6-16(7-11-17)21(29)26-22(2,3)4/h6-13,24H,5,14H2,1-4H3,(H,23,28)(H,25,27)(H,26,29). The van der Waals surface area contributed by atoms with E-state index in [0.29, 0.717) is 23.4 Å². The molecule has 0 aliphatic heterocycles. The number of benzene rings is 2. The average Bonchev–Trinajstić information content (AvgIpc) is 2.66. The van der Waals surface area contributed by atoms with Crippen molar-refractivity contribution >= 4 is 29.1 Å². The maximum Gasteiger partial charge on any atom is 0.251 e. The van der Waals surface area contributed by atoms with E-state index < -0.39 is 0 Å². The summed E-state index contributed by atoms with van der Waals surface area (Å²) in [6.45, 7) is 8.26. The molecule has 0 saturated carbocycles. The molecule has 2 aromatic rings. The quantitative estimate of drug-likeness (QED) is 0.578. The van der Waals surface area contributed by atoms with E-state index in [1.54, 1.807) is 48.5 Å². The minimum Gasteiger partial charge on any atom is -0.376 e. The maximum atomic E-state index is 12.1. The second-order valence-corrected chi connectivity index (χ2v) is 7.62. The van der Waals surface area contributed by atoms with E-state index in [9.17, 15) is 14.4 Å². The van der Waals surface area contributed by atoms with E-state index in [1.165, 1.54) is 0 Å². The minimum absolute atomic E-state index is 0.0750. The minimum atomic E-state index is -0.301. The first-order chi connectivity index (χ1) is 13.7. The first-order valence-corrected chi connectivity index (χ1v) is 9.52. The highest BCUT2D eigenvalue weighted by Gasteiger charge is 2.15. The zero-order valence-corrected chi connectivity index (χ0v) is 17.3. The van der Waals surface area contributed by atoms with Gasteiger partial charge in [0, 0.05) is 34.6 Å². The van der Waals surface area contributed by atoms with Crippen LogP contribution in [0.3, 0.4) is 0 Å². The van der Waals surface area contributed by atoms with Crippen molar-refractivity contribution in [1.29, 1.82) is 0 Å². The molecule has 0 bridgehead atoms. The van der Waals surface area contributed by atoms with E-state index in [4.69, 9.17) is 0 Å². The predicted molar refractivity (Wildman–Crippen MR) is 115 cm³/mol. The van der Waals surface area contributed by atoms with Crippen molar-refractivity contribution in [1.82, 2.24) is 10.6 Å². The highest BCUT2D eigenvalue weighted by atomic mass is 16.2. The van der Waals surface area contributed by atoms with Gasteiger partial charge >= 0.3 is 0 Å². The molecule has 7 nitrogen and oxygen atoms in total. The molecule has 0 aromatic heterocycles. The van der Waals surface area contributed by atoms with Crippen LogP contribution in [0.2, 0.25) is 0 Å². The fourth-order valence-electron chi connectivity index (χ4n) is 2.51. The normalized spacial score (nSPS) is 10.8. The van der Waals surface area contributed by atoms with Gasteiger partial charge in [-0.3, -0.25) is 14.4 Å². The van der Waals surface area contributed by atoms with Gasteiger partial charge in [0.25, 0.3) is 11.8 Å². The Kier molecular flexibility index (Phi) is 7.36. The van der Waals surface area contributed by atoms with Crippen LogP contribution in [0, 0.1) is 0 Å². The Morgan fingerprint density at radius 2 is 1.31 bits per heavy atom. The molecule has 154 valence electrons. The van der Waals surface area contributed by atoms with Crippen molar-refractivity contribution in [3.05, 3.63) is 59.7 Å². The first-order valence-electron chi connectivity index (χ1n) is 9.52. The van der Waals surface area contributed by atoms with Gasteiger partial charge in [0.2, 0.25) is 5.91 Å². The van der Waals surface area contributed by atoms with Crippen LogP contribution < -0.4 is 21.3 Å². The Bertz CT molecular complexity index is 853. The first kappa shape index (κ1) is 21.9. The number of hydrogen-bond donors (Lipinski definition) is 4. The van der Waals surface area contributed by atoms with E-state index in [1.807, 2.05) is 27.7 Å². The van der Waals surface area contributed by atoms with Crippen molar-refractivity contribution in [3.63, 3.8) is 0 Å². The summed E-state index contributed by atoms with van der Waals surface area (Å²) in [5, 5.41) is 11.4. The summed E-state index contributed by atoms with van der Waals surface area (Å²) in [5.74, 6) is -0.505. The lowest BCUT2D eigenvalue weighted by molar-refractivity contribution is -0.114. The Morgan fingerprint density at radius 3 is 1.83 bits per heavy atom. The number of anilines is 2. The largest absolute Gasteiger partial charge is 0.376 e. The monoisotopic (exact) mass is 396 g/mol. The van der Waals surface area contributed by atoms with E-state index in [0.717, 1.165) is 5.69 Å². The molecule has 4 N–H and O–H groups in total. The molecule has 2 rings (SSSR count). The van der Waals surface area contributed by atoms with E-state index in [2.05, 4.69) is 21.3 Å². The van der Waals surface area contributed by atoms with Gasteiger partial charge in [0.15, 0.2) is 0 Å². The summed E-state index contributed by atoms with van der Waals surface area (Å²) in [6, 6.07) is 13.6. The second-order valence-electron chi connectivity index (χ2n) is 7.62. The van der Waals surface area contributed by atoms with Crippen LogP contribution in [-0.4, -0.2) is 36.3 Å². The van der Waals surface area contributed by atoms with Crippen molar-refractivity contribution in [3.8, 4) is 0 Å². The van der Waals surface area contributed by atoms with Gasteiger partial charge in [0.1, 0.15) is 0 Å². The van der Waals surface area contributed by atoms with Gasteiger partial charge in [-0.25, -0.2) is 0 Å². The summed E-state index contributed by atoms with van der Waals surface area (Å²) >= 11 is 0. The molecule has 0 aliphatic carbocycles. The topological polar surface area (TPSA) is 99.3 Å². The second kappa shape index (κ2) is 9.73. The van der Waals surface area contributed by atoms with Gasteiger partial charge in [-0.05, 0) is 76.2 Å². The lowest BCUT2D eigenvalue weighted by atomic mass is 10.1. The van der Waals surface area contributed by atoms with Gasteiger partial charge in [-0.1, -0.05) is 0 Å². The summed E-state index contributed by atoms with van der Waals surface area (Å²) in [4.78, 5) is 36.0. The fraction of sp³-hybridized carbons (Fsp3) is 0.318. The highest BCUT2D eigenvalue weighted by Crippen LogP contribution is 2.12. The van der Waals surface area contributed by atoms with Crippen LogP contribution in [-0.2, 0) is 4.79 Å². The van der Waals surface area contributed by atoms with Crippen molar-refractivity contribution in [2.75, 3.05) is 23.7 Å². The Morgan fingerprint density at radius 1 is 0.793 bits per heavy atom. The Balaban J connectivity index is 1.84. The van der Waals surface area contributed by atoms with Crippen molar-refractivity contribution in [2.24, 2.45) is 0 Å². The van der Waals surface area contributed by atoms with Crippen LogP contribution in [0.4, 0.5) is 11.4 Å². The molecule has 0 heterocycles. The Labute approximate surface area is 171 Å². The zero-order chi connectivity index (χ0) is 21.4. The lowest BCUT2D eigenvalue weighted by Gasteiger charge is -2.20. The van der Waals surface area contributed by atoms with Gasteiger partial charge in [-0.2, -0.15) is 0 Å². The number of amides is 3. The summed E-state index contributed by atoms with van der Waals surface area (Å²) in [7, 11) is 0. The number of carbonyl (C=O) groups excluding carboxylic acids is 3. The third kappa shape index (κ3) is 7.29. The predicted octanol–water partition coefficient (Wildman–Crippen LogP) is 3.02. The molecule has 7 heteroatoms. The number of carbonyl (C=O) groups is 3. The molecule has 0 radical (unpaired) electrons. The summed E-state index contributed by atoms with van der Waals surface area (Å²) < 4.78 is 0. The zero-order valence-electron chi connectivity index (χ0n) is 17.3. The molecular formula is C22H28N4O3. The summed E-state index contributed by atoms with van der Waals surface area (Å²) in [5.41, 5.74) is 2.14. The fourth-order valence-corrected chi connectivity index (χ4v) is 2.51. The third-order valence-corrected chi connectivity index (χ3v) is 3.86. The molecule has 0 spiro atoms. The number of rotatable bonds is 7. The average molecular weight is 396 g/mol. The molecule has 0 unspecified atom stereocenters. The van der Waals surface area contributed by atoms with Crippen molar-refractivity contribution in [2.45, 2.75) is 33.2 Å². The molecule has 29 heavy (non-hydrogen) atoms. The van der Waals surface area contributed by atoms with Crippen LogP contribution >= 0.6 is 0 Å². The lowest BCUT2D eigenvalue weighted by Crippen LogP contribution is -2.40. The third-order valence-electron chi connectivity index (χ3n) is 3.86. The number of nitrogens with one attached hydrogen (secondary N) is 4. The highest BCUT2D eigenvalue weighted by molar-refractivity contribution is 5.97. The molecule has 0 aliphatic rings. The molecule has 3 amide bonds. The van der Waals surface area contributed by atoms with Crippen molar-refractivity contribution < 1.29 is 14.4 Å². The molecule has 0 atom stereocenters.